The number of pyridine rings is 1. The fourth-order valence-corrected chi connectivity index (χ4v) is 1.61. The second kappa shape index (κ2) is 4.67. The van der Waals surface area contributed by atoms with Crippen molar-refractivity contribution in [2.45, 2.75) is 13.3 Å². The number of benzene rings is 1. The number of aryl methyl sites for hydroxylation is 1. The van der Waals surface area contributed by atoms with Gasteiger partial charge in [0.05, 0.1) is 17.5 Å². The molecule has 0 unspecified atom stereocenters. The van der Waals surface area contributed by atoms with E-state index in [1.165, 1.54) is 11.8 Å². The van der Waals surface area contributed by atoms with Crippen molar-refractivity contribution in [3.05, 3.63) is 47.7 Å². The first-order valence-electron chi connectivity index (χ1n) is 5.43. The molecule has 0 aliphatic heterocycles. The third-order valence-corrected chi connectivity index (χ3v) is 2.66. The van der Waals surface area contributed by atoms with E-state index in [0.29, 0.717) is 5.69 Å². The standard InChI is InChI=1S/C14H12N2O/c1-2-10-3-5-11(6-4-10)13-7-12(8-15)14(17)9-16-13/h3-7,9,17H,2H2,1H3. The molecule has 2 aromatic rings. The van der Waals surface area contributed by atoms with Crippen LogP contribution < -0.4 is 0 Å². The van der Waals surface area contributed by atoms with Crippen LogP contribution in [0.15, 0.2) is 36.5 Å². The highest BCUT2D eigenvalue weighted by Crippen LogP contribution is 2.23. The van der Waals surface area contributed by atoms with Gasteiger partial charge in [-0.05, 0) is 18.1 Å². The molecule has 84 valence electrons. The van der Waals surface area contributed by atoms with Gasteiger partial charge < -0.3 is 5.11 Å². The van der Waals surface area contributed by atoms with Gasteiger partial charge in [0.1, 0.15) is 6.07 Å². The summed E-state index contributed by atoms with van der Waals surface area (Å²) in [6.07, 6.45) is 2.30. The van der Waals surface area contributed by atoms with Crippen LogP contribution in [0.3, 0.4) is 0 Å². The SMILES string of the molecule is CCc1ccc(-c2cc(C#N)c(O)cn2)cc1. The Morgan fingerprint density at radius 3 is 2.59 bits per heavy atom. The number of aromatic nitrogens is 1. The second-order valence-electron chi connectivity index (χ2n) is 3.75. The van der Waals surface area contributed by atoms with Crippen molar-refractivity contribution < 1.29 is 5.11 Å². The molecular weight excluding hydrogens is 212 g/mol. The monoisotopic (exact) mass is 224 g/mol. The molecule has 0 radical (unpaired) electrons. The highest BCUT2D eigenvalue weighted by molar-refractivity contribution is 5.62. The number of rotatable bonds is 2. The molecule has 2 rings (SSSR count). The Hall–Kier alpha value is -2.34. The molecule has 3 heteroatoms. The molecule has 0 saturated carbocycles. The van der Waals surface area contributed by atoms with E-state index in [9.17, 15) is 5.11 Å². The quantitative estimate of drug-likeness (QED) is 0.853. The van der Waals surface area contributed by atoms with Gasteiger partial charge in [-0.25, -0.2) is 0 Å². The lowest BCUT2D eigenvalue weighted by Crippen LogP contribution is -1.87. The summed E-state index contributed by atoms with van der Waals surface area (Å²) >= 11 is 0. The maximum Gasteiger partial charge on any atom is 0.151 e. The van der Waals surface area contributed by atoms with Crippen LogP contribution in [0.1, 0.15) is 18.1 Å². The summed E-state index contributed by atoms with van der Waals surface area (Å²) in [7, 11) is 0. The molecule has 1 heterocycles. The number of nitrogens with zero attached hydrogens (tertiary/aromatic N) is 2. The van der Waals surface area contributed by atoms with E-state index in [1.54, 1.807) is 6.07 Å². The first kappa shape index (κ1) is 11.2. The lowest BCUT2D eigenvalue weighted by atomic mass is 10.1. The summed E-state index contributed by atoms with van der Waals surface area (Å²) in [5.74, 6) is -0.0820. The average Bonchev–Trinajstić information content (AvgIpc) is 2.39. The molecule has 0 atom stereocenters. The molecule has 0 aliphatic rings. The molecule has 0 saturated heterocycles. The minimum atomic E-state index is -0.0820. The highest BCUT2D eigenvalue weighted by atomic mass is 16.3. The molecule has 0 amide bonds. The topological polar surface area (TPSA) is 56.9 Å². The van der Waals surface area contributed by atoms with Crippen LogP contribution in [0.4, 0.5) is 0 Å². The van der Waals surface area contributed by atoms with Gasteiger partial charge in [-0.15, -0.1) is 0 Å². The summed E-state index contributed by atoms with van der Waals surface area (Å²) < 4.78 is 0. The molecular formula is C14H12N2O. The molecule has 0 fully saturated rings. The number of nitriles is 1. The number of aromatic hydroxyl groups is 1. The van der Waals surface area contributed by atoms with Crippen LogP contribution in [0.5, 0.6) is 5.75 Å². The predicted octanol–water partition coefficient (Wildman–Crippen LogP) is 2.89. The van der Waals surface area contributed by atoms with Gasteiger partial charge in [0, 0.05) is 5.56 Å². The van der Waals surface area contributed by atoms with Crippen molar-refractivity contribution in [1.82, 2.24) is 4.98 Å². The average molecular weight is 224 g/mol. The maximum atomic E-state index is 9.38. The molecule has 0 aliphatic carbocycles. The first-order valence-corrected chi connectivity index (χ1v) is 5.43. The molecule has 17 heavy (non-hydrogen) atoms. The lowest BCUT2D eigenvalue weighted by Gasteiger charge is -2.03. The first-order chi connectivity index (χ1) is 8.24. The fourth-order valence-electron chi connectivity index (χ4n) is 1.61. The van der Waals surface area contributed by atoms with Crippen molar-refractivity contribution in [2.24, 2.45) is 0 Å². The smallest absolute Gasteiger partial charge is 0.151 e. The van der Waals surface area contributed by atoms with Gasteiger partial charge in [0.2, 0.25) is 0 Å². The minimum Gasteiger partial charge on any atom is -0.505 e. The van der Waals surface area contributed by atoms with Crippen LogP contribution in [0.2, 0.25) is 0 Å². The van der Waals surface area contributed by atoms with Crippen LogP contribution >= 0.6 is 0 Å². The van der Waals surface area contributed by atoms with E-state index in [-0.39, 0.29) is 11.3 Å². The highest BCUT2D eigenvalue weighted by Gasteiger charge is 2.05. The van der Waals surface area contributed by atoms with Crippen LogP contribution in [-0.4, -0.2) is 10.1 Å². The van der Waals surface area contributed by atoms with Gasteiger partial charge in [0.25, 0.3) is 0 Å². The normalized spacial score (nSPS) is 9.88. The van der Waals surface area contributed by atoms with E-state index in [2.05, 4.69) is 11.9 Å². The minimum absolute atomic E-state index is 0.0820. The summed E-state index contributed by atoms with van der Waals surface area (Å²) in [4.78, 5) is 4.11. The van der Waals surface area contributed by atoms with Gasteiger partial charge >= 0.3 is 0 Å². The molecule has 0 bridgehead atoms. The van der Waals surface area contributed by atoms with Crippen LogP contribution in [0.25, 0.3) is 11.3 Å². The molecule has 3 nitrogen and oxygen atoms in total. The Bertz CT molecular complexity index is 568. The zero-order valence-electron chi connectivity index (χ0n) is 9.51. The molecule has 1 aromatic heterocycles. The predicted molar refractivity (Wildman–Crippen MR) is 65.4 cm³/mol. The number of hydrogen-bond donors (Lipinski definition) is 1. The van der Waals surface area contributed by atoms with Crippen molar-refractivity contribution >= 4 is 0 Å². The van der Waals surface area contributed by atoms with E-state index in [4.69, 9.17) is 5.26 Å². The lowest BCUT2D eigenvalue weighted by molar-refractivity contribution is 0.471. The van der Waals surface area contributed by atoms with E-state index >= 15 is 0 Å². The Morgan fingerprint density at radius 2 is 2.00 bits per heavy atom. The van der Waals surface area contributed by atoms with Gasteiger partial charge in [-0.2, -0.15) is 5.26 Å². The summed E-state index contributed by atoms with van der Waals surface area (Å²) in [5.41, 5.74) is 3.14. The maximum absolute atomic E-state index is 9.38. The van der Waals surface area contributed by atoms with Gasteiger partial charge in [0.15, 0.2) is 5.75 Å². The van der Waals surface area contributed by atoms with Crippen molar-refractivity contribution in [3.63, 3.8) is 0 Å². The Morgan fingerprint density at radius 1 is 1.29 bits per heavy atom. The molecule has 0 spiro atoms. The second-order valence-corrected chi connectivity index (χ2v) is 3.75. The largest absolute Gasteiger partial charge is 0.505 e. The Labute approximate surface area is 100.0 Å². The molecule has 1 N–H and O–H groups in total. The van der Waals surface area contributed by atoms with Crippen molar-refractivity contribution in [1.29, 1.82) is 5.26 Å². The van der Waals surface area contributed by atoms with Crippen molar-refractivity contribution in [3.8, 4) is 23.1 Å². The summed E-state index contributed by atoms with van der Waals surface area (Å²) in [5, 5.41) is 18.2. The molecule has 1 aromatic carbocycles. The third kappa shape index (κ3) is 2.26. The van der Waals surface area contributed by atoms with Gasteiger partial charge in [-0.1, -0.05) is 31.2 Å². The van der Waals surface area contributed by atoms with Gasteiger partial charge in [-0.3, -0.25) is 4.98 Å². The van der Waals surface area contributed by atoms with Crippen molar-refractivity contribution in [2.75, 3.05) is 0 Å². The van der Waals surface area contributed by atoms with E-state index < -0.39 is 0 Å². The Kier molecular flexibility index (Phi) is 3.06. The third-order valence-electron chi connectivity index (χ3n) is 2.66. The summed E-state index contributed by atoms with van der Waals surface area (Å²) in [6.45, 7) is 2.10. The van der Waals surface area contributed by atoms with Crippen LogP contribution in [0, 0.1) is 11.3 Å². The Balaban J connectivity index is 2.43. The zero-order valence-corrected chi connectivity index (χ0v) is 9.51. The zero-order chi connectivity index (χ0) is 12.3. The fraction of sp³-hybridized carbons (Fsp3) is 0.143. The van der Waals surface area contributed by atoms with E-state index in [0.717, 1.165) is 12.0 Å². The van der Waals surface area contributed by atoms with Crippen LogP contribution in [-0.2, 0) is 6.42 Å². The number of hydrogen-bond acceptors (Lipinski definition) is 3. The summed E-state index contributed by atoms with van der Waals surface area (Å²) in [6, 6.07) is 11.5. The van der Waals surface area contributed by atoms with E-state index in [1.807, 2.05) is 30.3 Å².